The molecule has 1 aliphatic rings. The number of carbonyl (C=O) groups is 3. The van der Waals surface area contributed by atoms with Crippen molar-refractivity contribution in [3.8, 4) is 5.75 Å². The number of aliphatic carboxylic acids is 2. The molecule has 1 aliphatic heterocycles. The molecule has 2 rings (SSSR count). The Balaban J connectivity index is 2.51. The third-order valence-electron chi connectivity index (χ3n) is 3.50. The Bertz CT molecular complexity index is 626. The van der Waals surface area contributed by atoms with Crippen LogP contribution in [0, 0.1) is 6.92 Å². The second-order valence-electron chi connectivity index (χ2n) is 5.15. The first-order valence-corrected chi connectivity index (χ1v) is 6.90. The Morgan fingerprint density at radius 3 is 2.59 bits per heavy atom. The van der Waals surface area contributed by atoms with E-state index in [1.807, 2.05) is 6.92 Å². The largest absolute Gasteiger partial charge is 0.481 e. The topological polar surface area (TPSA) is 104 Å². The van der Waals surface area contributed by atoms with Gasteiger partial charge in [0.1, 0.15) is 11.8 Å². The number of hydrogen-bond donors (Lipinski definition) is 2. The van der Waals surface area contributed by atoms with Crippen LogP contribution in [-0.4, -0.2) is 40.2 Å². The molecule has 1 aromatic carbocycles. The summed E-state index contributed by atoms with van der Waals surface area (Å²) in [5.41, 5.74) is 1.22. The number of carboxylic acid groups (broad SMARTS) is 2. The smallest absolute Gasteiger partial charge is 0.326 e. The van der Waals surface area contributed by atoms with Crippen molar-refractivity contribution < 1.29 is 29.3 Å². The van der Waals surface area contributed by atoms with Crippen LogP contribution in [0.25, 0.3) is 0 Å². The van der Waals surface area contributed by atoms with E-state index in [2.05, 4.69) is 0 Å². The van der Waals surface area contributed by atoms with E-state index in [-0.39, 0.29) is 6.42 Å². The molecule has 2 atom stereocenters. The van der Waals surface area contributed by atoms with Gasteiger partial charge in [-0.15, -0.1) is 0 Å². The summed E-state index contributed by atoms with van der Waals surface area (Å²) in [5, 5.41) is 18.3. The van der Waals surface area contributed by atoms with Crippen LogP contribution in [0.3, 0.4) is 0 Å². The van der Waals surface area contributed by atoms with Crippen molar-refractivity contribution in [3.63, 3.8) is 0 Å². The first-order chi connectivity index (χ1) is 10.3. The van der Waals surface area contributed by atoms with Crippen LogP contribution in [0.4, 0.5) is 5.69 Å². The van der Waals surface area contributed by atoms with Gasteiger partial charge in [-0.3, -0.25) is 14.5 Å². The lowest BCUT2D eigenvalue weighted by atomic mass is 10.0. The minimum Gasteiger partial charge on any atom is -0.481 e. The molecule has 7 nitrogen and oxygen atoms in total. The molecule has 7 heteroatoms. The molecule has 2 N–H and O–H groups in total. The fourth-order valence-electron chi connectivity index (χ4n) is 2.47. The number of nitrogens with zero attached hydrogens (tertiary/aromatic N) is 1. The van der Waals surface area contributed by atoms with Gasteiger partial charge in [0.05, 0.1) is 12.1 Å². The molecule has 0 aromatic heterocycles. The number of ether oxygens (including phenoxy) is 1. The molecule has 0 bridgehead atoms. The molecule has 0 radical (unpaired) electrons. The Hall–Kier alpha value is -2.57. The lowest BCUT2D eigenvalue weighted by Crippen LogP contribution is -2.53. The van der Waals surface area contributed by atoms with Crippen LogP contribution in [0.1, 0.15) is 25.3 Å². The second-order valence-corrected chi connectivity index (χ2v) is 5.15. The van der Waals surface area contributed by atoms with Crippen LogP contribution in [0.15, 0.2) is 18.2 Å². The zero-order chi connectivity index (χ0) is 16.4. The predicted octanol–water partition coefficient (Wildman–Crippen LogP) is 1.43. The number of benzene rings is 1. The monoisotopic (exact) mass is 307 g/mol. The Kier molecular flexibility index (Phi) is 4.35. The maximum Gasteiger partial charge on any atom is 0.326 e. The number of carboxylic acids is 2. The zero-order valence-electron chi connectivity index (χ0n) is 12.3. The van der Waals surface area contributed by atoms with E-state index in [0.717, 1.165) is 10.5 Å². The molecule has 1 aromatic rings. The number of rotatable bonds is 5. The van der Waals surface area contributed by atoms with Crippen LogP contribution in [0.5, 0.6) is 5.75 Å². The minimum absolute atomic E-state index is 0.203. The molecule has 0 saturated heterocycles. The number of amides is 1. The van der Waals surface area contributed by atoms with Crippen LogP contribution < -0.4 is 9.64 Å². The number of anilines is 1. The fraction of sp³-hybridized carbons (Fsp3) is 0.400. The van der Waals surface area contributed by atoms with Gasteiger partial charge in [-0.2, -0.15) is 0 Å². The van der Waals surface area contributed by atoms with Crippen molar-refractivity contribution in [3.05, 3.63) is 23.8 Å². The summed E-state index contributed by atoms with van der Waals surface area (Å²) >= 11 is 0. The van der Waals surface area contributed by atoms with Crippen molar-refractivity contribution in [2.75, 3.05) is 4.90 Å². The van der Waals surface area contributed by atoms with Gasteiger partial charge in [0.2, 0.25) is 0 Å². The first kappa shape index (κ1) is 15.8. The summed E-state index contributed by atoms with van der Waals surface area (Å²) in [4.78, 5) is 36.0. The van der Waals surface area contributed by atoms with Crippen LogP contribution >= 0.6 is 0 Å². The Morgan fingerprint density at radius 2 is 2.05 bits per heavy atom. The van der Waals surface area contributed by atoms with E-state index in [1.54, 1.807) is 25.1 Å². The second kappa shape index (κ2) is 6.05. The molecule has 0 fully saturated rings. The lowest BCUT2D eigenvalue weighted by Gasteiger charge is -2.37. The van der Waals surface area contributed by atoms with Gasteiger partial charge in [0, 0.05) is 0 Å². The van der Waals surface area contributed by atoms with Gasteiger partial charge >= 0.3 is 11.9 Å². The average Bonchev–Trinajstić information content (AvgIpc) is 2.42. The number of fused-ring (bicyclic) bond motifs is 1. The molecule has 1 heterocycles. The van der Waals surface area contributed by atoms with E-state index in [0.29, 0.717) is 11.4 Å². The van der Waals surface area contributed by atoms with Gasteiger partial charge in [0.15, 0.2) is 6.10 Å². The van der Waals surface area contributed by atoms with E-state index in [4.69, 9.17) is 9.84 Å². The number of hydrogen-bond acceptors (Lipinski definition) is 4. The zero-order valence-corrected chi connectivity index (χ0v) is 12.3. The maximum absolute atomic E-state index is 12.5. The summed E-state index contributed by atoms with van der Waals surface area (Å²) in [5.74, 6) is -2.64. The summed E-state index contributed by atoms with van der Waals surface area (Å²) in [6, 6.07) is 3.96. The standard InChI is InChI=1S/C15H17NO6/c1-3-9(15(20)21)16-10-5-4-8(2)6-11(10)22-12(14(16)19)7-13(17)18/h4-6,9,12H,3,7H2,1-2H3,(H,17,18)(H,20,21). The van der Waals surface area contributed by atoms with Crippen LogP contribution in [0.2, 0.25) is 0 Å². The molecular formula is C15H17NO6. The molecule has 2 unspecified atom stereocenters. The van der Waals surface area contributed by atoms with E-state index < -0.39 is 36.4 Å². The molecule has 0 saturated carbocycles. The number of aryl methyl sites for hydroxylation is 1. The summed E-state index contributed by atoms with van der Waals surface area (Å²) < 4.78 is 5.48. The fourth-order valence-corrected chi connectivity index (χ4v) is 2.47. The molecule has 0 spiro atoms. The molecule has 22 heavy (non-hydrogen) atoms. The van der Waals surface area contributed by atoms with Gasteiger partial charge in [-0.1, -0.05) is 13.0 Å². The van der Waals surface area contributed by atoms with Gasteiger partial charge in [-0.05, 0) is 31.0 Å². The van der Waals surface area contributed by atoms with E-state index in [1.165, 1.54) is 0 Å². The summed E-state index contributed by atoms with van der Waals surface area (Å²) in [6.07, 6.45) is -1.53. The molecular weight excluding hydrogens is 290 g/mol. The first-order valence-electron chi connectivity index (χ1n) is 6.90. The highest BCUT2D eigenvalue weighted by Crippen LogP contribution is 2.37. The Labute approximate surface area is 127 Å². The van der Waals surface area contributed by atoms with Crippen molar-refractivity contribution in [1.82, 2.24) is 0 Å². The molecule has 1 amide bonds. The highest BCUT2D eigenvalue weighted by molar-refractivity contribution is 6.05. The van der Waals surface area contributed by atoms with Gasteiger partial charge < -0.3 is 14.9 Å². The van der Waals surface area contributed by atoms with E-state index in [9.17, 15) is 19.5 Å². The van der Waals surface area contributed by atoms with E-state index >= 15 is 0 Å². The SMILES string of the molecule is CCC(C(=O)O)N1C(=O)C(CC(=O)O)Oc2cc(C)ccc21. The third-order valence-corrected chi connectivity index (χ3v) is 3.50. The predicted molar refractivity (Wildman–Crippen MR) is 77.0 cm³/mol. The minimum atomic E-state index is -1.22. The van der Waals surface area contributed by atoms with Gasteiger partial charge in [-0.25, -0.2) is 4.79 Å². The van der Waals surface area contributed by atoms with Crippen molar-refractivity contribution in [1.29, 1.82) is 0 Å². The van der Waals surface area contributed by atoms with Crippen LogP contribution in [-0.2, 0) is 14.4 Å². The maximum atomic E-state index is 12.5. The lowest BCUT2D eigenvalue weighted by molar-refractivity contribution is -0.144. The third kappa shape index (κ3) is 2.88. The summed E-state index contributed by atoms with van der Waals surface area (Å²) in [6.45, 7) is 3.48. The highest BCUT2D eigenvalue weighted by Gasteiger charge is 2.41. The van der Waals surface area contributed by atoms with Crippen molar-refractivity contribution in [2.24, 2.45) is 0 Å². The van der Waals surface area contributed by atoms with Crippen molar-refractivity contribution in [2.45, 2.75) is 38.8 Å². The van der Waals surface area contributed by atoms with Gasteiger partial charge in [0.25, 0.3) is 5.91 Å². The van der Waals surface area contributed by atoms with Crippen molar-refractivity contribution >= 4 is 23.5 Å². The normalized spacial score (nSPS) is 18.4. The highest BCUT2D eigenvalue weighted by atomic mass is 16.5. The molecule has 118 valence electrons. The summed E-state index contributed by atoms with van der Waals surface area (Å²) in [7, 11) is 0. The Morgan fingerprint density at radius 1 is 1.36 bits per heavy atom. The average molecular weight is 307 g/mol. The number of carbonyl (C=O) groups excluding carboxylic acids is 1. The quantitative estimate of drug-likeness (QED) is 0.852. The molecule has 0 aliphatic carbocycles.